The van der Waals surface area contributed by atoms with Crippen molar-refractivity contribution in [2.24, 2.45) is 0 Å². The average molecular weight is 458 g/mol. The number of hydrogen-bond acceptors (Lipinski definition) is 4. The molecule has 0 amide bonds. The number of benzene rings is 2. The van der Waals surface area contributed by atoms with Crippen LogP contribution in [0, 0.1) is 0 Å². The minimum absolute atomic E-state index is 0.0807. The van der Waals surface area contributed by atoms with Gasteiger partial charge in [0.1, 0.15) is 17.9 Å². The molecule has 2 aliphatic rings. The number of aliphatic carboxylic acids is 1. The van der Waals surface area contributed by atoms with Crippen LogP contribution in [0.2, 0.25) is 0 Å². The van der Waals surface area contributed by atoms with E-state index < -0.39 is 22.5 Å². The molecule has 0 atom stereocenters. The number of rotatable bonds is 6. The van der Waals surface area contributed by atoms with Gasteiger partial charge in [-0.05, 0) is 86.9 Å². The van der Waals surface area contributed by atoms with Crippen LogP contribution in [0.4, 0.5) is 5.69 Å². The number of carboxylic acids is 1. The molecule has 172 valence electrons. The quantitative estimate of drug-likeness (QED) is 0.651. The topological polar surface area (TPSA) is 83.9 Å². The van der Waals surface area contributed by atoms with Gasteiger partial charge < -0.3 is 9.84 Å². The lowest BCUT2D eigenvalue weighted by atomic mass is 9.84. The van der Waals surface area contributed by atoms with Crippen molar-refractivity contribution in [3.05, 3.63) is 53.6 Å². The predicted octanol–water partition coefficient (Wildman–Crippen LogP) is 5.12. The van der Waals surface area contributed by atoms with Crippen LogP contribution in [0.3, 0.4) is 0 Å². The van der Waals surface area contributed by atoms with Crippen LogP contribution >= 0.6 is 0 Å². The van der Waals surface area contributed by atoms with Crippen molar-refractivity contribution in [1.29, 1.82) is 0 Å². The first-order valence-electron chi connectivity index (χ1n) is 11.3. The van der Waals surface area contributed by atoms with Crippen LogP contribution < -0.4 is 9.04 Å². The van der Waals surface area contributed by atoms with Crippen molar-refractivity contribution >= 4 is 21.7 Å². The van der Waals surface area contributed by atoms with Crippen molar-refractivity contribution < 1.29 is 23.1 Å². The van der Waals surface area contributed by atoms with Crippen LogP contribution in [0.25, 0.3) is 0 Å². The maximum absolute atomic E-state index is 13.5. The van der Waals surface area contributed by atoms with Gasteiger partial charge in [-0.1, -0.05) is 31.4 Å². The fourth-order valence-corrected chi connectivity index (χ4v) is 6.17. The third kappa shape index (κ3) is 4.77. The van der Waals surface area contributed by atoms with E-state index >= 15 is 0 Å². The molecule has 0 spiro atoms. The smallest absolute Gasteiger partial charge is 0.324 e. The Morgan fingerprint density at radius 1 is 1.09 bits per heavy atom. The Morgan fingerprint density at radius 3 is 2.44 bits per heavy atom. The van der Waals surface area contributed by atoms with Gasteiger partial charge in [-0.25, -0.2) is 8.42 Å². The van der Waals surface area contributed by atoms with Crippen LogP contribution in [-0.4, -0.2) is 31.6 Å². The summed E-state index contributed by atoms with van der Waals surface area (Å²) >= 11 is 0. The fraction of sp³-hybridized carbons (Fsp3) is 0.480. The molecule has 1 aliphatic carbocycles. The molecule has 32 heavy (non-hydrogen) atoms. The number of ether oxygens (including phenoxy) is 1. The van der Waals surface area contributed by atoms with E-state index in [-0.39, 0.29) is 10.5 Å². The maximum atomic E-state index is 13.5. The van der Waals surface area contributed by atoms with Crippen LogP contribution in [-0.2, 0) is 21.2 Å². The molecule has 6 nitrogen and oxygen atoms in total. The van der Waals surface area contributed by atoms with Gasteiger partial charge in [0.15, 0.2) is 0 Å². The summed E-state index contributed by atoms with van der Waals surface area (Å²) in [6, 6.07) is 12.1. The third-order valence-electron chi connectivity index (χ3n) is 6.54. The summed E-state index contributed by atoms with van der Waals surface area (Å²) in [5, 5.41) is 9.44. The van der Waals surface area contributed by atoms with E-state index in [9.17, 15) is 18.3 Å². The molecule has 0 bridgehead atoms. The van der Waals surface area contributed by atoms with E-state index in [1.54, 1.807) is 24.3 Å². The Morgan fingerprint density at radius 2 is 1.78 bits per heavy atom. The lowest BCUT2D eigenvalue weighted by Gasteiger charge is -2.33. The molecule has 0 radical (unpaired) electrons. The monoisotopic (exact) mass is 457 g/mol. The first-order valence-corrected chi connectivity index (χ1v) is 12.8. The van der Waals surface area contributed by atoms with Gasteiger partial charge in [-0.3, -0.25) is 9.10 Å². The molecule has 4 rings (SSSR count). The number of aryl methyl sites for hydroxylation is 1. The first kappa shape index (κ1) is 22.6. The third-order valence-corrected chi connectivity index (χ3v) is 8.31. The SMILES string of the molecule is CC1(C)CCc2cc(S(=O)(=O)N(CC(=O)O)c3ccc(C4CCCCC4)cc3)ccc2O1. The van der Waals surface area contributed by atoms with E-state index in [4.69, 9.17) is 4.74 Å². The van der Waals surface area contributed by atoms with E-state index in [2.05, 4.69) is 0 Å². The molecule has 0 saturated heterocycles. The number of carboxylic acid groups (broad SMARTS) is 1. The van der Waals surface area contributed by atoms with Gasteiger partial charge >= 0.3 is 5.97 Å². The van der Waals surface area contributed by atoms with Gasteiger partial charge in [-0.15, -0.1) is 0 Å². The second-order valence-electron chi connectivity index (χ2n) is 9.46. The van der Waals surface area contributed by atoms with Gasteiger partial charge in [0, 0.05) is 0 Å². The predicted molar refractivity (Wildman–Crippen MR) is 124 cm³/mol. The Hall–Kier alpha value is -2.54. The van der Waals surface area contributed by atoms with E-state index in [0.29, 0.717) is 23.8 Å². The minimum Gasteiger partial charge on any atom is -0.488 e. The number of carbonyl (C=O) groups is 1. The van der Waals surface area contributed by atoms with Gasteiger partial charge in [0.05, 0.1) is 10.6 Å². The highest BCUT2D eigenvalue weighted by molar-refractivity contribution is 7.92. The molecule has 1 aliphatic heterocycles. The standard InChI is InChI=1S/C25H31NO5S/c1-25(2)15-14-20-16-22(12-13-23(20)31-25)32(29,30)26(17-24(27)28)21-10-8-19(9-11-21)18-6-4-3-5-7-18/h8-13,16,18H,3-7,14-15,17H2,1-2H3,(H,27,28). The fourth-order valence-electron chi connectivity index (χ4n) is 4.71. The largest absolute Gasteiger partial charge is 0.488 e. The summed E-state index contributed by atoms with van der Waals surface area (Å²) in [5.74, 6) is -0.0259. The summed E-state index contributed by atoms with van der Waals surface area (Å²) in [7, 11) is -4.05. The number of anilines is 1. The van der Waals surface area contributed by atoms with Gasteiger partial charge in [-0.2, -0.15) is 0 Å². The summed E-state index contributed by atoms with van der Waals surface area (Å²) in [5.41, 5.74) is 2.09. The number of nitrogens with zero attached hydrogens (tertiary/aromatic N) is 1. The number of sulfonamides is 1. The molecule has 0 unspecified atom stereocenters. The van der Waals surface area contributed by atoms with E-state index in [0.717, 1.165) is 29.1 Å². The zero-order chi connectivity index (χ0) is 22.9. The molecule has 0 aromatic heterocycles. The second-order valence-corrected chi connectivity index (χ2v) is 11.3. The zero-order valence-corrected chi connectivity index (χ0v) is 19.5. The van der Waals surface area contributed by atoms with E-state index in [1.807, 2.05) is 26.0 Å². The molecule has 7 heteroatoms. The summed E-state index contributed by atoms with van der Waals surface area (Å²) in [4.78, 5) is 11.6. The van der Waals surface area contributed by atoms with E-state index in [1.165, 1.54) is 30.9 Å². The lowest BCUT2D eigenvalue weighted by Crippen LogP contribution is -2.36. The molecule has 2 aromatic carbocycles. The molecular weight excluding hydrogens is 426 g/mol. The summed E-state index contributed by atoms with van der Waals surface area (Å²) in [6.07, 6.45) is 7.47. The zero-order valence-electron chi connectivity index (χ0n) is 18.7. The van der Waals surface area contributed by atoms with Crippen molar-refractivity contribution in [1.82, 2.24) is 0 Å². The minimum atomic E-state index is -4.05. The Balaban J connectivity index is 1.64. The highest BCUT2D eigenvalue weighted by Gasteiger charge is 2.31. The molecule has 1 saturated carbocycles. The average Bonchev–Trinajstić information content (AvgIpc) is 2.77. The number of hydrogen-bond donors (Lipinski definition) is 1. The molecular formula is C25H31NO5S. The lowest BCUT2D eigenvalue weighted by molar-refractivity contribution is -0.135. The van der Waals surface area contributed by atoms with Gasteiger partial charge in [0.25, 0.3) is 10.0 Å². The van der Waals surface area contributed by atoms with Crippen LogP contribution in [0.5, 0.6) is 5.75 Å². The Labute approximate surface area is 190 Å². The number of fused-ring (bicyclic) bond motifs is 1. The normalized spacial score (nSPS) is 18.4. The summed E-state index contributed by atoms with van der Waals surface area (Å²) in [6.45, 7) is 3.38. The molecule has 1 heterocycles. The van der Waals surface area contributed by atoms with Gasteiger partial charge in [0.2, 0.25) is 0 Å². The highest BCUT2D eigenvalue weighted by atomic mass is 32.2. The maximum Gasteiger partial charge on any atom is 0.324 e. The van der Waals surface area contributed by atoms with Crippen molar-refractivity contribution in [2.45, 2.75) is 75.2 Å². The molecule has 1 N–H and O–H groups in total. The Bertz CT molecular complexity index is 1090. The van der Waals surface area contributed by atoms with Crippen molar-refractivity contribution in [3.8, 4) is 5.75 Å². The van der Waals surface area contributed by atoms with Crippen molar-refractivity contribution in [2.75, 3.05) is 10.8 Å². The molecule has 2 aromatic rings. The van der Waals surface area contributed by atoms with Crippen molar-refractivity contribution in [3.63, 3.8) is 0 Å². The highest BCUT2D eigenvalue weighted by Crippen LogP contribution is 2.36. The first-order chi connectivity index (χ1) is 15.2. The summed E-state index contributed by atoms with van der Waals surface area (Å²) < 4.78 is 33.9. The van der Waals surface area contributed by atoms with Crippen LogP contribution in [0.1, 0.15) is 69.4 Å². The van der Waals surface area contributed by atoms with Crippen LogP contribution in [0.15, 0.2) is 47.4 Å². The molecule has 1 fully saturated rings. The Kier molecular flexibility index (Phi) is 6.21. The second kappa shape index (κ2) is 8.77.